The summed E-state index contributed by atoms with van der Waals surface area (Å²) >= 11 is 5.94. The lowest BCUT2D eigenvalue weighted by atomic mass is 9.96. The molecule has 1 aromatic carbocycles. The zero-order valence-electron chi connectivity index (χ0n) is 14.2. The maximum atomic E-state index is 10.7. The standard InChI is InChI=1S/C19H21ClN4O2/c20-13-3-1-11(2-4-13)9-12-10-16(18(26)17(12)25)24-8-6-14-15(24)5-7-22-19(14)23-21/h1-4,6-8,12,16-18,25-26H,5,9-10,21H2/b23-19+/t12-,16+,17+,18-/m0/s1. The third kappa shape index (κ3) is 2.94. The van der Waals surface area contributed by atoms with Crippen molar-refractivity contribution in [2.45, 2.75) is 37.5 Å². The van der Waals surface area contributed by atoms with Crippen molar-refractivity contribution in [2.24, 2.45) is 21.9 Å². The van der Waals surface area contributed by atoms with E-state index >= 15 is 0 Å². The fraction of sp³-hybridized carbons (Fsp3) is 0.368. The molecule has 1 aliphatic heterocycles. The lowest BCUT2D eigenvalue weighted by Gasteiger charge is -2.22. The number of aromatic nitrogens is 1. The van der Waals surface area contributed by atoms with Crippen molar-refractivity contribution in [1.82, 2.24) is 4.57 Å². The third-order valence-electron chi connectivity index (χ3n) is 5.43. The Kier molecular flexibility index (Phi) is 4.56. The van der Waals surface area contributed by atoms with E-state index in [0.29, 0.717) is 30.1 Å². The van der Waals surface area contributed by atoms with Gasteiger partial charge in [-0.3, -0.25) is 0 Å². The van der Waals surface area contributed by atoms with E-state index in [2.05, 4.69) is 10.1 Å². The fourth-order valence-corrected chi connectivity index (χ4v) is 4.23. The number of fused-ring (bicyclic) bond motifs is 1. The van der Waals surface area contributed by atoms with Crippen LogP contribution in [0.4, 0.5) is 0 Å². The summed E-state index contributed by atoms with van der Waals surface area (Å²) in [6.45, 7) is 0. The van der Waals surface area contributed by atoms with Gasteiger partial charge >= 0.3 is 0 Å². The van der Waals surface area contributed by atoms with Crippen LogP contribution in [0.2, 0.25) is 5.02 Å². The van der Waals surface area contributed by atoms with Gasteiger partial charge < -0.3 is 20.6 Å². The second kappa shape index (κ2) is 6.87. The van der Waals surface area contributed by atoms with Crippen molar-refractivity contribution in [2.75, 3.05) is 0 Å². The number of rotatable bonds is 3. The minimum Gasteiger partial charge on any atom is -0.390 e. The maximum Gasteiger partial charge on any atom is 0.180 e. The van der Waals surface area contributed by atoms with E-state index < -0.39 is 12.2 Å². The number of aliphatic hydroxyl groups excluding tert-OH is 2. The minimum absolute atomic E-state index is 0.0193. The first-order valence-corrected chi connectivity index (χ1v) is 9.07. The zero-order valence-corrected chi connectivity index (χ0v) is 14.9. The molecule has 136 valence electrons. The monoisotopic (exact) mass is 372 g/mol. The smallest absolute Gasteiger partial charge is 0.180 e. The molecule has 0 saturated heterocycles. The van der Waals surface area contributed by atoms with Crippen molar-refractivity contribution in [3.05, 3.63) is 58.4 Å². The van der Waals surface area contributed by atoms with Crippen LogP contribution >= 0.6 is 11.6 Å². The second-order valence-electron chi connectivity index (χ2n) is 6.93. The number of hydrogen-bond acceptors (Lipinski definition) is 4. The summed E-state index contributed by atoms with van der Waals surface area (Å²) in [6.07, 6.45) is 4.16. The van der Waals surface area contributed by atoms with Gasteiger partial charge in [-0.2, -0.15) is 5.10 Å². The summed E-state index contributed by atoms with van der Waals surface area (Å²) in [4.78, 5) is 4.21. The fourth-order valence-electron chi connectivity index (χ4n) is 4.10. The van der Waals surface area contributed by atoms with E-state index in [1.807, 2.05) is 41.1 Å². The highest BCUT2D eigenvalue weighted by atomic mass is 35.5. The number of aliphatic imine (C=N–C) groups is 1. The van der Waals surface area contributed by atoms with Crippen molar-refractivity contribution in [3.8, 4) is 0 Å². The summed E-state index contributed by atoms with van der Waals surface area (Å²) in [5.74, 6) is 5.89. The third-order valence-corrected chi connectivity index (χ3v) is 5.68. The highest BCUT2D eigenvalue weighted by Crippen LogP contribution is 2.39. The Balaban J connectivity index is 1.57. The molecule has 7 heteroatoms. The Morgan fingerprint density at radius 3 is 2.69 bits per heavy atom. The molecule has 0 bridgehead atoms. The number of halogens is 1. The quantitative estimate of drug-likeness (QED) is 0.567. The molecule has 1 aromatic heterocycles. The summed E-state index contributed by atoms with van der Waals surface area (Å²) in [6, 6.07) is 9.36. The Labute approximate surface area is 156 Å². The summed E-state index contributed by atoms with van der Waals surface area (Å²) in [7, 11) is 0. The van der Waals surface area contributed by atoms with Crippen molar-refractivity contribution < 1.29 is 10.2 Å². The summed E-state index contributed by atoms with van der Waals surface area (Å²) < 4.78 is 2.04. The molecule has 0 amide bonds. The molecule has 1 aliphatic carbocycles. The number of benzene rings is 1. The van der Waals surface area contributed by atoms with Crippen LogP contribution in [0.3, 0.4) is 0 Å². The topological polar surface area (TPSA) is 96.1 Å². The van der Waals surface area contributed by atoms with E-state index in [1.165, 1.54) is 0 Å². The van der Waals surface area contributed by atoms with E-state index in [0.717, 1.165) is 16.8 Å². The Hall–Kier alpha value is -2.15. The minimum atomic E-state index is -0.819. The van der Waals surface area contributed by atoms with Crippen LogP contribution in [0, 0.1) is 5.92 Å². The van der Waals surface area contributed by atoms with Crippen LogP contribution in [0.25, 0.3) is 0 Å². The van der Waals surface area contributed by atoms with Gasteiger partial charge in [0.25, 0.3) is 0 Å². The van der Waals surface area contributed by atoms with Gasteiger partial charge in [0.1, 0.15) is 6.10 Å². The normalized spacial score (nSPS) is 29.3. The SMILES string of the molecule is N/N=C1/N=CCc2c1ccn2[C@@H]1C[C@H](Cc2ccc(Cl)cc2)[C@@H](O)[C@H]1O. The van der Waals surface area contributed by atoms with Crippen LogP contribution in [0.1, 0.15) is 29.3 Å². The predicted octanol–water partition coefficient (Wildman–Crippen LogP) is 1.91. The molecule has 1 saturated carbocycles. The van der Waals surface area contributed by atoms with Crippen molar-refractivity contribution >= 4 is 23.7 Å². The molecule has 2 aromatic rings. The largest absolute Gasteiger partial charge is 0.390 e. The first-order valence-electron chi connectivity index (χ1n) is 8.69. The van der Waals surface area contributed by atoms with Gasteiger partial charge in [-0.05, 0) is 42.5 Å². The highest BCUT2D eigenvalue weighted by molar-refractivity contribution is 6.30. The van der Waals surface area contributed by atoms with Crippen LogP contribution in [0.15, 0.2) is 46.6 Å². The van der Waals surface area contributed by atoms with Gasteiger partial charge in [-0.1, -0.05) is 23.7 Å². The second-order valence-corrected chi connectivity index (χ2v) is 7.36. The summed E-state index contributed by atoms with van der Waals surface area (Å²) in [5, 5.41) is 25.7. The summed E-state index contributed by atoms with van der Waals surface area (Å²) in [5.41, 5.74) is 3.01. The van der Waals surface area contributed by atoms with E-state index in [4.69, 9.17) is 17.4 Å². The molecule has 6 nitrogen and oxygen atoms in total. The molecule has 26 heavy (non-hydrogen) atoms. The van der Waals surface area contributed by atoms with Crippen LogP contribution in [-0.4, -0.2) is 39.0 Å². The van der Waals surface area contributed by atoms with Crippen LogP contribution in [-0.2, 0) is 12.8 Å². The average Bonchev–Trinajstić information content (AvgIpc) is 3.20. The van der Waals surface area contributed by atoms with Crippen molar-refractivity contribution in [1.29, 1.82) is 0 Å². The predicted molar refractivity (Wildman–Crippen MR) is 102 cm³/mol. The van der Waals surface area contributed by atoms with Gasteiger partial charge in [0.15, 0.2) is 5.84 Å². The molecule has 4 atom stereocenters. The number of aliphatic hydroxyl groups is 2. The Bertz CT molecular complexity index is 859. The molecule has 2 aliphatic rings. The molecule has 0 spiro atoms. The zero-order chi connectivity index (χ0) is 18.3. The number of amidine groups is 1. The van der Waals surface area contributed by atoms with Crippen LogP contribution in [0.5, 0.6) is 0 Å². The van der Waals surface area contributed by atoms with Gasteiger partial charge in [-0.25, -0.2) is 4.99 Å². The van der Waals surface area contributed by atoms with E-state index in [-0.39, 0.29) is 12.0 Å². The molecule has 4 N–H and O–H groups in total. The van der Waals surface area contributed by atoms with Gasteiger partial charge in [0.05, 0.1) is 12.1 Å². The van der Waals surface area contributed by atoms with Gasteiger partial charge in [-0.15, -0.1) is 0 Å². The molecule has 0 radical (unpaired) electrons. The molecular weight excluding hydrogens is 352 g/mol. The van der Waals surface area contributed by atoms with E-state index in [9.17, 15) is 10.2 Å². The molecule has 4 rings (SSSR count). The number of nitrogens with zero attached hydrogens (tertiary/aromatic N) is 3. The average molecular weight is 373 g/mol. The number of nitrogens with two attached hydrogens (primary N) is 1. The molecule has 1 fully saturated rings. The number of hydrazone groups is 1. The lowest BCUT2D eigenvalue weighted by Crippen LogP contribution is -2.30. The maximum absolute atomic E-state index is 10.7. The molecular formula is C19H21ClN4O2. The first kappa shape index (κ1) is 17.3. The highest BCUT2D eigenvalue weighted by Gasteiger charge is 2.43. The van der Waals surface area contributed by atoms with Gasteiger partial charge in [0, 0.05) is 35.1 Å². The van der Waals surface area contributed by atoms with Crippen molar-refractivity contribution in [3.63, 3.8) is 0 Å². The first-order chi connectivity index (χ1) is 12.6. The number of hydrogen-bond donors (Lipinski definition) is 3. The Morgan fingerprint density at radius 1 is 1.19 bits per heavy atom. The van der Waals surface area contributed by atoms with Crippen LogP contribution < -0.4 is 5.84 Å². The Morgan fingerprint density at radius 2 is 1.96 bits per heavy atom. The van der Waals surface area contributed by atoms with E-state index in [1.54, 1.807) is 6.21 Å². The lowest BCUT2D eigenvalue weighted by molar-refractivity contribution is 0.00608. The molecule has 0 unspecified atom stereocenters. The van der Waals surface area contributed by atoms with Gasteiger partial charge in [0.2, 0.25) is 0 Å². The molecule has 2 heterocycles.